The fourth-order valence-electron chi connectivity index (χ4n) is 2.11. The zero-order valence-corrected chi connectivity index (χ0v) is 11.0. The van der Waals surface area contributed by atoms with Gasteiger partial charge in [0.2, 0.25) is 0 Å². The Kier molecular flexibility index (Phi) is 2.91. The van der Waals surface area contributed by atoms with Gasteiger partial charge in [-0.25, -0.2) is 9.50 Å². The van der Waals surface area contributed by atoms with E-state index in [0.29, 0.717) is 0 Å². The average molecular weight is 253 g/mol. The molecule has 1 aromatic carbocycles. The molecular formula is C15H15N3O. The van der Waals surface area contributed by atoms with Gasteiger partial charge in [0.1, 0.15) is 5.75 Å². The number of rotatable bonds is 3. The van der Waals surface area contributed by atoms with E-state index in [4.69, 9.17) is 4.74 Å². The normalized spacial score (nSPS) is 10.8. The second-order valence-electron chi connectivity index (χ2n) is 4.57. The molecule has 0 fully saturated rings. The van der Waals surface area contributed by atoms with Crippen molar-refractivity contribution in [3.63, 3.8) is 0 Å². The number of benzene rings is 1. The highest BCUT2D eigenvalue weighted by molar-refractivity contribution is 5.41. The summed E-state index contributed by atoms with van der Waals surface area (Å²) in [7, 11) is 1.64. The van der Waals surface area contributed by atoms with Crippen molar-refractivity contribution in [2.75, 3.05) is 7.11 Å². The van der Waals surface area contributed by atoms with E-state index in [1.165, 1.54) is 11.1 Å². The third-order valence-electron chi connectivity index (χ3n) is 3.03. The van der Waals surface area contributed by atoms with Crippen LogP contribution < -0.4 is 4.74 Å². The van der Waals surface area contributed by atoms with Crippen LogP contribution in [0.15, 0.2) is 42.6 Å². The lowest BCUT2D eigenvalue weighted by atomic mass is 10.1. The quantitative estimate of drug-likeness (QED) is 0.720. The fourth-order valence-corrected chi connectivity index (χ4v) is 2.11. The SMILES string of the molecule is COc1ccc2nc(Cc3cccc(C)c3)nn2c1. The fraction of sp³-hybridized carbons (Fsp3) is 0.200. The summed E-state index contributed by atoms with van der Waals surface area (Å²) < 4.78 is 6.93. The molecule has 3 aromatic rings. The molecule has 0 saturated carbocycles. The van der Waals surface area contributed by atoms with Crippen molar-refractivity contribution in [2.45, 2.75) is 13.3 Å². The predicted octanol–water partition coefficient (Wildman–Crippen LogP) is 2.64. The minimum atomic E-state index is 0.742. The Bertz CT molecular complexity index is 718. The second-order valence-corrected chi connectivity index (χ2v) is 4.57. The van der Waals surface area contributed by atoms with Crippen molar-refractivity contribution in [2.24, 2.45) is 0 Å². The highest BCUT2D eigenvalue weighted by atomic mass is 16.5. The van der Waals surface area contributed by atoms with Gasteiger partial charge in [0.15, 0.2) is 11.5 Å². The summed E-state index contributed by atoms with van der Waals surface area (Å²) in [4.78, 5) is 4.51. The molecule has 0 radical (unpaired) electrons. The Labute approximate surface area is 111 Å². The molecule has 0 saturated heterocycles. The van der Waals surface area contributed by atoms with Gasteiger partial charge >= 0.3 is 0 Å². The van der Waals surface area contributed by atoms with Crippen LogP contribution in [0.2, 0.25) is 0 Å². The molecule has 0 aliphatic heterocycles. The van der Waals surface area contributed by atoms with E-state index in [1.54, 1.807) is 11.6 Å². The van der Waals surface area contributed by atoms with Gasteiger partial charge < -0.3 is 4.74 Å². The van der Waals surface area contributed by atoms with E-state index in [2.05, 4.69) is 41.3 Å². The van der Waals surface area contributed by atoms with Crippen LogP contribution in [0.4, 0.5) is 0 Å². The van der Waals surface area contributed by atoms with Gasteiger partial charge in [0, 0.05) is 6.42 Å². The number of hydrogen-bond donors (Lipinski definition) is 0. The molecule has 2 aromatic heterocycles. The van der Waals surface area contributed by atoms with Gasteiger partial charge in [-0.2, -0.15) is 5.10 Å². The molecule has 2 heterocycles. The maximum absolute atomic E-state index is 5.18. The lowest BCUT2D eigenvalue weighted by Crippen LogP contribution is -1.93. The zero-order valence-electron chi connectivity index (χ0n) is 11.0. The molecular weight excluding hydrogens is 238 g/mol. The van der Waals surface area contributed by atoms with E-state index >= 15 is 0 Å². The first-order valence-electron chi connectivity index (χ1n) is 6.19. The van der Waals surface area contributed by atoms with E-state index in [9.17, 15) is 0 Å². The van der Waals surface area contributed by atoms with Crippen molar-refractivity contribution in [1.29, 1.82) is 0 Å². The van der Waals surface area contributed by atoms with Gasteiger partial charge in [-0.1, -0.05) is 29.8 Å². The molecule has 0 unspecified atom stereocenters. The molecule has 4 heteroatoms. The monoisotopic (exact) mass is 253 g/mol. The smallest absolute Gasteiger partial charge is 0.156 e. The Balaban J connectivity index is 1.93. The summed E-state index contributed by atoms with van der Waals surface area (Å²) in [5.74, 6) is 1.60. The molecule has 0 bridgehead atoms. The molecule has 0 atom stereocenters. The highest BCUT2D eigenvalue weighted by Crippen LogP contribution is 2.13. The van der Waals surface area contributed by atoms with Crippen molar-refractivity contribution in [1.82, 2.24) is 14.6 Å². The number of methoxy groups -OCH3 is 1. The van der Waals surface area contributed by atoms with Gasteiger partial charge in [0.25, 0.3) is 0 Å². The van der Waals surface area contributed by atoms with Crippen LogP contribution in [0.1, 0.15) is 17.0 Å². The van der Waals surface area contributed by atoms with Crippen molar-refractivity contribution >= 4 is 5.65 Å². The molecule has 4 nitrogen and oxygen atoms in total. The minimum absolute atomic E-state index is 0.742. The Hall–Kier alpha value is -2.36. The maximum atomic E-state index is 5.18. The highest BCUT2D eigenvalue weighted by Gasteiger charge is 2.05. The number of ether oxygens (including phenoxy) is 1. The molecule has 0 amide bonds. The Morgan fingerprint density at radius 1 is 1.21 bits per heavy atom. The van der Waals surface area contributed by atoms with Crippen LogP contribution in [0.5, 0.6) is 5.75 Å². The van der Waals surface area contributed by atoms with Crippen LogP contribution in [0, 0.1) is 6.92 Å². The number of aromatic nitrogens is 3. The van der Waals surface area contributed by atoms with E-state index in [0.717, 1.165) is 23.6 Å². The lowest BCUT2D eigenvalue weighted by Gasteiger charge is -1.98. The third kappa shape index (κ3) is 2.42. The third-order valence-corrected chi connectivity index (χ3v) is 3.03. The first-order chi connectivity index (χ1) is 9.24. The van der Waals surface area contributed by atoms with E-state index in [-0.39, 0.29) is 0 Å². The average Bonchev–Trinajstić information content (AvgIpc) is 2.79. The second kappa shape index (κ2) is 4.72. The summed E-state index contributed by atoms with van der Waals surface area (Å²) in [6, 6.07) is 12.2. The van der Waals surface area contributed by atoms with Crippen molar-refractivity contribution in [3.05, 3.63) is 59.5 Å². The summed E-state index contributed by atoms with van der Waals surface area (Å²) in [6.07, 6.45) is 2.58. The number of hydrogen-bond acceptors (Lipinski definition) is 3. The van der Waals surface area contributed by atoms with Crippen LogP contribution in [0.25, 0.3) is 5.65 Å². The van der Waals surface area contributed by atoms with Crippen LogP contribution in [-0.4, -0.2) is 21.7 Å². The number of fused-ring (bicyclic) bond motifs is 1. The van der Waals surface area contributed by atoms with Gasteiger partial charge in [-0.3, -0.25) is 0 Å². The largest absolute Gasteiger partial charge is 0.495 e. The van der Waals surface area contributed by atoms with Crippen LogP contribution >= 0.6 is 0 Å². The summed E-state index contributed by atoms with van der Waals surface area (Å²) >= 11 is 0. The summed E-state index contributed by atoms with van der Waals surface area (Å²) in [5.41, 5.74) is 3.31. The lowest BCUT2D eigenvalue weighted by molar-refractivity contribution is 0.411. The zero-order chi connectivity index (χ0) is 13.2. The Morgan fingerprint density at radius 2 is 2.11 bits per heavy atom. The van der Waals surface area contributed by atoms with Crippen LogP contribution in [-0.2, 0) is 6.42 Å². The van der Waals surface area contributed by atoms with E-state index in [1.807, 2.05) is 18.3 Å². The van der Waals surface area contributed by atoms with Crippen LogP contribution in [0.3, 0.4) is 0 Å². The molecule has 19 heavy (non-hydrogen) atoms. The van der Waals surface area contributed by atoms with Gasteiger partial charge in [-0.05, 0) is 24.6 Å². The van der Waals surface area contributed by atoms with E-state index < -0.39 is 0 Å². The topological polar surface area (TPSA) is 39.4 Å². The summed E-state index contributed by atoms with van der Waals surface area (Å²) in [5, 5.41) is 4.47. The molecule has 0 aliphatic carbocycles. The number of pyridine rings is 1. The van der Waals surface area contributed by atoms with Crippen molar-refractivity contribution in [3.8, 4) is 5.75 Å². The number of aryl methyl sites for hydroxylation is 1. The first-order valence-corrected chi connectivity index (χ1v) is 6.19. The van der Waals surface area contributed by atoms with Gasteiger partial charge in [-0.15, -0.1) is 0 Å². The minimum Gasteiger partial charge on any atom is -0.495 e. The number of nitrogens with zero attached hydrogens (tertiary/aromatic N) is 3. The predicted molar refractivity (Wildman–Crippen MR) is 73.5 cm³/mol. The molecule has 0 aliphatic rings. The maximum Gasteiger partial charge on any atom is 0.156 e. The van der Waals surface area contributed by atoms with Gasteiger partial charge in [0.05, 0.1) is 13.3 Å². The first kappa shape index (κ1) is 11.7. The Morgan fingerprint density at radius 3 is 2.89 bits per heavy atom. The van der Waals surface area contributed by atoms with Crippen molar-refractivity contribution < 1.29 is 4.74 Å². The standard InChI is InChI=1S/C15H15N3O/c1-11-4-3-5-12(8-11)9-14-16-15-7-6-13(19-2)10-18(15)17-14/h3-8,10H,9H2,1-2H3. The molecule has 0 N–H and O–H groups in total. The molecule has 96 valence electrons. The molecule has 3 rings (SSSR count). The molecule has 0 spiro atoms. The summed E-state index contributed by atoms with van der Waals surface area (Å²) in [6.45, 7) is 2.09.